The molecule has 0 unspecified atom stereocenters. The molecule has 0 atom stereocenters. The lowest BCUT2D eigenvalue weighted by molar-refractivity contribution is -0.276. The third-order valence-electron chi connectivity index (χ3n) is 1.10. The molecule has 0 aliphatic carbocycles. The lowest BCUT2D eigenvalue weighted by Gasteiger charge is -2.08. The summed E-state index contributed by atoms with van der Waals surface area (Å²) in [7, 11) is 0. The molecule has 1 rings (SSSR count). The van der Waals surface area contributed by atoms with Crippen molar-refractivity contribution in [3.63, 3.8) is 0 Å². The molecule has 0 bridgehead atoms. The number of ether oxygens (including phenoxy) is 1. The van der Waals surface area contributed by atoms with E-state index in [2.05, 4.69) is 9.72 Å². The number of halogens is 5. The van der Waals surface area contributed by atoms with E-state index in [1.807, 2.05) is 0 Å². The molecule has 0 radical (unpaired) electrons. The molecule has 0 saturated heterocycles. The Bertz CT molecular complexity index is 351. The minimum absolute atomic E-state index is 0.124. The molecule has 1 aromatic heterocycles. The minimum Gasteiger partial charge on any atom is -0.501 e. The third kappa shape index (κ3) is 2.44. The van der Waals surface area contributed by atoms with Gasteiger partial charge in [-0.25, -0.2) is 4.39 Å². The Morgan fingerprint density at radius 2 is 1.86 bits per heavy atom. The van der Waals surface area contributed by atoms with Crippen LogP contribution in [0.25, 0.3) is 0 Å². The van der Waals surface area contributed by atoms with Crippen molar-refractivity contribution in [3.05, 3.63) is 17.8 Å². The van der Waals surface area contributed by atoms with Crippen LogP contribution in [-0.2, 0) is 0 Å². The van der Waals surface area contributed by atoms with E-state index < -0.39 is 29.8 Å². The smallest absolute Gasteiger partial charge is 0.501 e. The predicted molar refractivity (Wildman–Crippen MR) is 32.5 cm³/mol. The molecule has 78 valence electrons. The van der Waals surface area contributed by atoms with Gasteiger partial charge in [0.05, 0.1) is 0 Å². The fourth-order valence-electron chi connectivity index (χ4n) is 0.638. The zero-order valence-electron chi connectivity index (χ0n) is 6.27. The fraction of sp³-hybridized carbons (Fsp3) is 0.167. The first-order valence-electron chi connectivity index (χ1n) is 3.10. The summed E-state index contributed by atoms with van der Waals surface area (Å²) >= 11 is 0. The highest BCUT2D eigenvalue weighted by Crippen LogP contribution is 2.31. The second kappa shape index (κ2) is 3.28. The van der Waals surface area contributed by atoms with Crippen LogP contribution in [0.5, 0.6) is 11.6 Å². The number of alkyl halides is 3. The average Bonchev–Trinajstić information content (AvgIpc) is 1.96. The first-order valence-corrected chi connectivity index (χ1v) is 3.10. The van der Waals surface area contributed by atoms with E-state index in [1.165, 1.54) is 0 Å². The molecule has 0 saturated carbocycles. The van der Waals surface area contributed by atoms with Crippen LogP contribution in [-0.4, -0.2) is 16.5 Å². The largest absolute Gasteiger partial charge is 0.574 e. The van der Waals surface area contributed by atoms with Gasteiger partial charge in [-0.05, 0) is 0 Å². The number of hydrogen-bond acceptors (Lipinski definition) is 3. The Kier molecular flexibility index (Phi) is 2.45. The Hall–Kier alpha value is -1.60. The highest BCUT2D eigenvalue weighted by Gasteiger charge is 2.34. The van der Waals surface area contributed by atoms with Gasteiger partial charge in [-0.1, -0.05) is 0 Å². The summed E-state index contributed by atoms with van der Waals surface area (Å²) in [5, 5.41) is 8.66. The van der Waals surface area contributed by atoms with Gasteiger partial charge in [0.2, 0.25) is 11.7 Å². The maximum absolute atomic E-state index is 12.4. The maximum atomic E-state index is 12.4. The number of nitrogens with zero attached hydrogens (tertiary/aromatic N) is 1. The molecule has 0 amide bonds. The van der Waals surface area contributed by atoms with Crippen LogP contribution in [0.4, 0.5) is 22.0 Å². The molecule has 0 spiro atoms. The summed E-state index contributed by atoms with van der Waals surface area (Å²) in [5.41, 5.74) is 0. The molecular formula is C6H2F5NO2. The van der Waals surface area contributed by atoms with Crippen LogP contribution < -0.4 is 4.74 Å². The molecule has 3 nitrogen and oxygen atoms in total. The van der Waals surface area contributed by atoms with Crippen molar-refractivity contribution in [1.82, 2.24) is 4.98 Å². The molecule has 1 aromatic rings. The minimum atomic E-state index is -5.18. The van der Waals surface area contributed by atoms with Gasteiger partial charge in [0.25, 0.3) is 5.88 Å². The van der Waals surface area contributed by atoms with Crippen LogP contribution in [0, 0.1) is 11.8 Å². The van der Waals surface area contributed by atoms with Crippen LogP contribution in [0.1, 0.15) is 0 Å². The second-order valence-corrected chi connectivity index (χ2v) is 2.13. The summed E-state index contributed by atoms with van der Waals surface area (Å²) in [6.45, 7) is 0. The molecule has 0 fully saturated rings. The zero-order chi connectivity index (χ0) is 10.9. The summed E-state index contributed by atoms with van der Waals surface area (Å²) in [5.74, 6) is -6.17. The standard InChI is InChI=1S/C6H2F5NO2/c7-2-1-3(8)12-5(4(2)13)14-6(9,10)11/h1,13H. The Morgan fingerprint density at radius 1 is 1.29 bits per heavy atom. The van der Waals surface area contributed by atoms with Crippen LogP contribution in [0.15, 0.2) is 6.07 Å². The van der Waals surface area contributed by atoms with Crippen molar-refractivity contribution >= 4 is 0 Å². The molecule has 0 aliphatic rings. The molecule has 0 aliphatic heterocycles. The van der Waals surface area contributed by atoms with E-state index in [4.69, 9.17) is 5.11 Å². The van der Waals surface area contributed by atoms with Crippen LogP contribution in [0.2, 0.25) is 0 Å². The lowest BCUT2D eigenvalue weighted by atomic mass is 10.4. The van der Waals surface area contributed by atoms with Crippen molar-refractivity contribution in [2.24, 2.45) is 0 Å². The van der Waals surface area contributed by atoms with Crippen LogP contribution in [0.3, 0.4) is 0 Å². The molecule has 14 heavy (non-hydrogen) atoms. The fourth-order valence-corrected chi connectivity index (χ4v) is 0.638. The van der Waals surface area contributed by atoms with Crippen LogP contribution >= 0.6 is 0 Å². The van der Waals surface area contributed by atoms with E-state index >= 15 is 0 Å². The quantitative estimate of drug-likeness (QED) is 0.575. The van der Waals surface area contributed by atoms with Gasteiger partial charge in [-0.2, -0.15) is 9.37 Å². The van der Waals surface area contributed by atoms with Crippen molar-refractivity contribution in [1.29, 1.82) is 0 Å². The monoisotopic (exact) mass is 215 g/mol. The van der Waals surface area contributed by atoms with Gasteiger partial charge in [0.15, 0.2) is 5.82 Å². The second-order valence-electron chi connectivity index (χ2n) is 2.13. The number of hydrogen-bond donors (Lipinski definition) is 1. The molecule has 0 aromatic carbocycles. The van der Waals surface area contributed by atoms with Gasteiger partial charge in [0.1, 0.15) is 0 Å². The van der Waals surface area contributed by atoms with E-state index in [1.54, 1.807) is 0 Å². The molecular weight excluding hydrogens is 213 g/mol. The molecule has 8 heteroatoms. The average molecular weight is 215 g/mol. The van der Waals surface area contributed by atoms with Gasteiger partial charge >= 0.3 is 6.36 Å². The number of aromatic hydroxyl groups is 1. The Labute approximate surface area is 73.8 Å². The van der Waals surface area contributed by atoms with E-state index in [0.717, 1.165) is 0 Å². The normalized spacial score (nSPS) is 11.5. The number of aromatic nitrogens is 1. The zero-order valence-corrected chi connectivity index (χ0v) is 6.27. The summed E-state index contributed by atoms with van der Waals surface area (Å²) in [6.07, 6.45) is -5.18. The van der Waals surface area contributed by atoms with Crippen molar-refractivity contribution in [2.75, 3.05) is 0 Å². The van der Waals surface area contributed by atoms with Gasteiger partial charge in [-0.3, -0.25) is 0 Å². The predicted octanol–water partition coefficient (Wildman–Crippen LogP) is 1.96. The van der Waals surface area contributed by atoms with Gasteiger partial charge < -0.3 is 9.84 Å². The Morgan fingerprint density at radius 3 is 2.36 bits per heavy atom. The van der Waals surface area contributed by atoms with Crippen molar-refractivity contribution < 1.29 is 31.8 Å². The van der Waals surface area contributed by atoms with E-state index in [-0.39, 0.29) is 6.07 Å². The van der Waals surface area contributed by atoms with Gasteiger partial charge in [-0.15, -0.1) is 13.2 Å². The van der Waals surface area contributed by atoms with Crippen molar-refractivity contribution in [2.45, 2.75) is 6.36 Å². The molecule has 1 heterocycles. The SMILES string of the molecule is Oc1c(F)cc(F)nc1OC(F)(F)F. The van der Waals surface area contributed by atoms with E-state index in [9.17, 15) is 22.0 Å². The number of pyridine rings is 1. The summed E-state index contributed by atoms with van der Waals surface area (Å²) in [6, 6.07) is 0.124. The lowest BCUT2D eigenvalue weighted by Crippen LogP contribution is -2.18. The first-order chi connectivity index (χ1) is 6.29. The topological polar surface area (TPSA) is 42.4 Å². The summed E-state index contributed by atoms with van der Waals surface area (Å²) in [4.78, 5) is 2.52. The first kappa shape index (κ1) is 10.5. The number of rotatable bonds is 1. The van der Waals surface area contributed by atoms with E-state index in [0.29, 0.717) is 0 Å². The summed E-state index contributed by atoms with van der Waals surface area (Å²) < 4.78 is 62.5. The van der Waals surface area contributed by atoms with Gasteiger partial charge in [0, 0.05) is 6.07 Å². The van der Waals surface area contributed by atoms with Crippen molar-refractivity contribution in [3.8, 4) is 11.6 Å². The highest BCUT2D eigenvalue weighted by atomic mass is 19.4. The maximum Gasteiger partial charge on any atom is 0.574 e. The third-order valence-corrected chi connectivity index (χ3v) is 1.10. The molecule has 1 N–H and O–H groups in total. The Balaban J connectivity index is 3.09. The highest BCUT2D eigenvalue weighted by molar-refractivity contribution is 5.33.